The normalized spacial score (nSPS) is 13.1. The molecule has 0 fully saturated rings. The van der Waals surface area contributed by atoms with Gasteiger partial charge >= 0.3 is 0 Å². The van der Waals surface area contributed by atoms with Crippen molar-refractivity contribution in [2.75, 3.05) is 4.90 Å². The summed E-state index contributed by atoms with van der Waals surface area (Å²) in [4.78, 5) is 2.45. The van der Waals surface area contributed by atoms with E-state index >= 15 is 0 Å². The summed E-state index contributed by atoms with van der Waals surface area (Å²) in [6.45, 7) is 0. The predicted octanol–water partition coefficient (Wildman–Crippen LogP) is 14.7. The maximum absolute atomic E-state index is 6.35. The van der Waals surface area contributed by atoms with Gasteiger partial charge in [0.05, 0.1) is 11.1 Å². The number of anilines is 3. The van der Waals surface area contributed by atoms with Crippen LogP contribution in [0.2, 0.25) is 0 Å². The van der Waals surface area contributed by atoms with Crippen molar-refractivity contribution in [2.24, 2.45) is 0 Å². The standard InChI is InChI=1S/C55H35NO/c1-2-15-36(16-3-1)37-29-31-38(32-30-37)56(39-33-34-53-46(35-39)44-21-9-13-28-52(44)57-53)51-27-14-26-50-54(51)45-22-8-12-25-49(45)55(50)47-23-10-6-19-42(47)40-17-4-5-18-41(40)43-20-7-11-24-48(43)55/h1-35H. The Morgan fingerprint density at radius 2 is 0.842 bits per heavy atom. The van der Waals surface area contributed by atoms with Crippen LogP contribution in [0.3, 0.4) is 0 Å². The van der Waals surface area contributed by atoms with Gasteiger partial charge in [-0.15, -0.1) is 0 Å². The van der Waals surface area contributed by atoms with Gasteiger partial charge in [-0.1, -0.05) is 170 Å². The Kier molecular flexibility index (Phi) is 6.88. The van der Waals surface area contributed by atoms with E-state index in [0.717, 1.165) is 39.0 Å². The van der Waals surface area contributed by atoms with Crippen molar-refractivity contribution < 1.29 is 4.42 Å². The molecular formula is C55H35NO. The Morgan fingerprint density at radius 3 is 1.54 bits per heavy atom. The maximum Gasteiger partial charge on any atom is 0.135 e. The molecule has 0 radical (unpaired) electrons. The van der Waals surface area contributed by atoms with Crippen LogP contribution in [-0.2, 0) is 5.41 Å². The third kappa shape index (κ3) is 4.53. The van der Waals surface area contributed by atoms with E-state index in [9.17, 15) is 0 Å². The predicted molar refractivity (Wildman–Crippen MR) is 236 cm³/mol. The number of hydrogen-bond acceptors (Lipinski definition) is 2. The number of fused-ring (bicyclic) bond motifs is 15. The zero-order valence-electron chi connectivity index (χ0n) is 31.1. The van der Waals surface area contributed by atoms with Crippen LogP contribution < -0.4 is 4.90 Å². The molecular weight excluding hydrogens is 691 g/mol. The monoisotopic (exact) mass is 725 g/mol. The molecule has 0 atom stereocenters. The first-order valence-corrected chi connectivity index (χ1v) is 19.7. The molecule has 12 rings (SSSR count). The van der Waals surface area contributed by atoms with Crippen molar-refractivity contribution >= 4 is 39.0 Å². The largest absolute Gasteiger partial charge is 0.456 e. The summed E-state index contributed by atoms with van der Waals surface area (Å²) >= 11 is 0. The highest BCUT2D eigenvalue weighted by atomic mass is 16.3. The van der Waals surface area contributed by atoms with Gasteiger partial charge in [0.15, 0.2) is 0 Å². The number of benzene rings is 9. The lowest BCUT2D eigenvalue weighted by molar-refractivity contribution is 0.669. The molecule has 1 spiro atoms. The molecule has 0 saturated carbocycles. The summed E-state index contributed by atoms with van der Waals surface area (Å²) in [7, 11) is 0. The van der Waals surface area contributed by atoms with E-state index in [-0.39, 0.29) is 0 Å². The molecule has 2 nitrogen and oxygen atoms in total. The number of para-hydroxylation sites is 1. The maximum atomic E-state index is 6.35. The fourth-order valence-corrected chi connectivity index (χ4v) is 9.98. The average Bonchev–Trinajstić information content (AvgIpc) is 3.77. The van der Waals surface area contributed by atoms with Crippen molar-refractivity contribution in [3.05, 3.63) is 235 Å². The zero-order valence-corrected chi connectivity index (χ0v) is 31.1. The van der Waals surface area contributed by atoms with Crippen LogP contribution in [0, 0.1) is 0 Å². The van der Waals surface area contributed by atoms with Crippen molar-refractivity contribution in [1.82, 2.24) is 0 Å². The zero-order chi connectivity index (χ0) is 37.5. The molecule has 2 heteroatoms. The van der Waals surface area contributed by atoms with Crippen molar-refractivity contribution in [3.8, 4) is 44.5 Å². The van der Waals surface area contributed by atoms with E-state index in [2.05, 4.69) is 211 Å². The van der Waals surface area contributed by atoms with Crippen LogP contribution in [0.1, 0.15) is 22.3 Å². The van der Waals surface area contributed by atoms with Gasteiger partial charge in [0, 0.05) is 27.7 Å². The summed E-state index contributed by atoms with van der Waals surface area (Å²) in [6, 6.07) is 77.8. The molecule has 1 heterocycles. The van der Waals surface area contributed by atoms with Crippen molar-refractivity contribution in [2.45, 2.75) is 5.41 Å². The van der Waals surface area contributed by atoms with E-state index in [4.69, 9.17) is 4.42 Å². The minimum absolute atomic E-state index is 0.568. The summed E-state index contributed by atoms with van der Waals surface area (Å²) in [5.74, 6) is 0. The van der Waals surface area contributed by atoms with Gasteiger partial charge in [0.2, 0.25) is 0 Å². The van der Waals surface area contributed by atoms with Gasteiger partial charge < -0.3 is 9.32 Å². The molecule has 0 unspecified atom stereocenters. The Balaban J connectivity index is 1.17. The molecule has 9 aromatic carbocycles. The van der Waals surface area contributed by atoms with Gasteiger partial charge in [0.1, 0.15) is 11.2 Å². The summed E-state index contributed by atoms with van der Waals surface area (Å²) < 4.78 is 6.35. The first-order valence-electron chi connectivity index (χ1n) is 19.7. The Morgan fingerprint density at radius 1 is 0.333 bits per heavy atom. The minimum Gasteiger partial charge on any atom is -0.456 e. The number of nitrogens with zero attached hydrogens (tertiary/aromatic N) is 1. The molecule has 57 heavy (non-hydrogen) atoms. The summed E-state index contributed by atoms with van der Waals surface area (Å²) in [5, 5.41) is 2.21. The minimum atomic E-state index is -0.568. The molecule has 0 amide bonds. The second kappa shape index (κ2) is 12.3. The molecule has 0 aliphatic heterocycles. The van der Waals surface area contributed by atoms with Gasteiger partial charge in [-0.2, -0.15) is 0 Å². The van der Waals surface area contributed by atoms with E-state index in [1.54, 1.807) is 0 Å². The van der Waals surface area contributed by atoms with E-state index in [1.165, 1.54) is 66.8 Å². The van der Waals surface area contributed by atoms with Crippen LogP contribution in [0.4, 0.5) is 17.1 Å². The highest BCUT2D eigenvalue weighted by molar-refractivity contribution is 6.07. The number of furan rings is 1. The van der Waals surface area contributed by atoms with E-state index in [1.807, 2.05) is 6.07 Å². The average molecular weight is 726 g/mol. The summed E-state index contributed by atoms with van der Waals surface area (Å²) in [5.41, 5.74) is 19.6. The SMILES string of the molecule is c1ccc(-c2ccc(N(c3ccc4oc5ccccc5c4c3)c3cccc4c3-c3ccccc3C43c4ccccc4-c4ccccc4-c4ccccc43)cc2)cc1. The van der Waals surface area contributed by atoms with Gasteiger partial charge in [-0.25, -0.2) is 0 Å². The fourth-order valence-electron chi connectivity index (χ4n) is 9.98. The fraction of sp³-hybridized carbons (Fsp3) is 0.0182. The Hall–Kier alpha value is -7.42. The van der Waals surface area contributed by atoms with Gasteiger partial charge in [-0.3, -0.25) is 0 Å². The highest BCUT2D eigenvalue weighted by Gasteiger charge is 2.50. The Labute approximate surface area is 331 Å². The topological polar surface area (TPSA) is 16.4 Å². The van der Waals surface area contributed by atoms with Crippen LogP contribution in [0.25, 0.3) is 66.4 Å². The smallest absolute Gasteiger partial charge is 0.135 e. The lowest BCUT2D eigenvalue weighted by Crippen LogP contribution is -2.29. The molecule has 266 valence electrons. The highest BCUT2D eigenvalue weighted by Crippen LogP contribution is 2.63. The van der Waals surface area contributed by atoms with E-state index in [0.29, 0.717) is 0 Å². The summed E-state index contributed by atoms with van der Waals surface area (Å²) in [6.07, 6.45) is 0. The second-order valence-corrected chi connectivity index (χ2v) is 15.2. The molecule has 10 aromatic rings. The molecule has 0 saturated heterocycles. The van der Waals surface area contributed by atoms with Gasteiger partial charge in [-0.05, 0) is 104 Å². The van der Waals surface area contributed by atoms with Crippen LogP contribution >= 0.6 is 0 Å². The number of rotatable bonds is 4. The quantitative estimate of drug-likeness (QED) is 0.180. The second-order valence-electron chi connectivity index (χ2n) is 15.2. The van der Waals surface area contributed by atoms with Crippen molar-refractivity contribution in [3.63, 3.8) is 0 Å². The van der Waals surface area contributed by atoms with Crippen molar-refractivity contribution in [1.29, 1.82) is 0 Å². The molecule has 0 bridgehead atoms. The third-order valence-corrected chi connectivity index (χ3v) is 12.3. The molecule has 2 aliphatic rings. The molecule has 0 N–H and O–H groups in total. The van der Waals surface area contributed by atoms with Crippen LogP contribution in [0.5, 0.6) is 0 Å². The van der Waals surface area contributed by atoms with Crippen LogP contribution in [-0.4, -0.2) is 0 Å². The lowest BCUT2D eigenvalue weighted by Gasteiger charge is -2.35. The number of hydrogen-bond donors (Lipinski definition) is 0. The third-order valence-electron chi connectivity index (χ3n) is 12.3. The van der Waals surface area contributed by atoms with E-state index < -0.39 is 5.41 Å². The Bertz CT molecular complexity index is 3120. The van der Waals surface area contributed by atoms with Gasteiger partial charge in [0.25, 0.3) is 0 Å². The van der Waals surface area contributed by atoms with Crippen LogP contribution in [0.15, 0.2) is 217 Å². The lowest BCUT2D eigenvalue weighted by atomic mass is 9.66. The first-order chi connectivity index (χ1) is 28.3. The first kappa shape index (κ1) is 31.9. The molecule has 1 aromatic heterocycles. The molecule has 2 aliphatic carbocycles.